The zero-order valence-corrected chi connectivity index (χ0v) is 9.48. The number of amides is 1. The Morgan fingerprint density at radius 1 is 1.38 bits per heavy atom. The van der Waals surface area contributed by atoms with E-state index in [0.29, 0.717) is 12.8 Å². The highest BCUT2D eigenvalue weighted by atomic mass is 16.4. The first kappa shape index (κ1) is 14.2. The van der Waals surface area contributed by atoms with Crippen molar-refractivity contribution in [2.45, 2.75) is 19.8 Å². The highest BCUT2D eigenvalue weighted by Gasteiger charge is 2.11. The van der Waals surface area contributed by atoms with Gasteiger partial charge in [0.1, 0.15) is 0 Å². The van der Waals surface area contributed by atoms with Crippen LogP contribution < -0.4 is 0 Å². The van der Waals surface area contributed by atoms with Crippen LogP contribution in [0.5, 0.6) is 0 Å². The summed E-state index contributed by atoms with van der Waals surface area (Å²) in [6.45, 7) is 9.02. The van der Waals surface area contributed by atoms with Gasteiger partial charge in [-0.15, -0.1) is 6.58 Å². The zero-order valence-electron chi connectivity index (χ0n) is 9.48. The molecule has 0 bridgehead atoms. The summed E-state index contributed by atoms with van der Waals surface area (Å²) in [5.41, 5.74) is 0.208. The number of hydrogen-bond acceptors (Lipinski definition) is 2. The summed E-state index contributed by atoms with van der Waals surface area (Å²) in [7, 11) is 0. The normalized spacial score (nSPS) is 10.7. The van der Waals surface area contributed by atoms with Crippen LogP contribution in [0.1, 0.15) is 19.8 Å². The summed E-state index contributed by atoms with van der Waals surface area (Å²) in [5, 5.41) is 8.92. The molecule has 4 heteroatoms. The lowest BCUT2D eigenvalue weighted by Gasteiger charge is -2.15. The van der Waals surface area contributed by atoms with Crippen molar-refractivity contribution < 1.29 is 14.7 Å². The fourth-order valence-corrected chi connectivity index (χ4v) is 1.15. The van der Waals surface area contributed by atoms with Crippen LogP contribution in [0.4, 0.5) is 0 Å². The molecule has 0 fully saturated rings. The molecule has 0 heterocycles. The van der Waals surface area contributed by atoms with Crippen molar-refractivity contribution in [1.82, 2.24) is 4.90 Å². The number of nitrogens with zero attached hydrogens (tertiary/aromatic N) is 1. The summed E-state index contributed by atoms with van der Waals surface area (Å²) < 4.78 is 0. The van der Waals surface area contributed by atoms with Gasteiger partial charge < -0.3 is 10.0 Å². The van der Waals surface area contributed by atoms with Crippen LogP contribution in [0.2, 0.25) is 0 Å². The maximum absolute atomic E-state index is 11.4. The van der Waals surface area contributed by atoms with Gasteiger partial charge in [-0.05, 0) is 12.5 Å². The maximum Gasteiger partial charge on any atom is 0.333 e. The van der Waals surface area contributed by atoms with Gasteiger partial charge in [-0.2, -0.15) is 0 Å². The Morgan fingerprint density at radius 3 is 2.38 bits per heavy atom. The molecule has 0 aliphatic heterocycles. The first-order valence-corrected chi connectivity index (χ1v) is 5.04. The van der Waals surface area contributed by atoms with Crippen LogP contribution in [-0.4, -0.2) is 28.4 Å². The zero-order chi connectivity index (χ0) is 12.6. The Labute approximate surface area is 95.6 Å². The van der Waals surface area contributed by atoms with Gasteiger partial charge in [-0.3, -0.25) is 4.79 Å². The molecule has 0 rings (SSSR count). The number of aliphatic carboxylic acids is 1. The first-order chi connectivity index (χ1) is 7.56. The standard InChI is InChI=1S/C12H17NO3/c1-4-7-10(12(15)16)9-13(8-5-2)11(14)6-3/h5-6,9H,2-4,7-8H2,1H3,(H,15,16). The molecule has 0 aromatic heterocycles. The van der Waals surface area contributed by atoms with E-state index in [2.05, 4.69) is 13.2 Å². The highest BCUT2D eigenvalue weighted by Crippen LogP contribution is 2.07. The van der Waals surface area contributed by atoms with E-state index in [1.807, 2.05) is 6.92 Å². The highest BCUT2D eigenvalue weighted by molar-refractivity contribution is 5.91. The summed E-state index contributed by atoms with van der Waals surface area (Å²) in [5.74, 6) is -1.34. The van der Waals surface area contributed by atoms with E-state index in [4.69, 9.17) is 5.11 Å². The van der Waals surface area contributed by atoms with Gasteiger partial charge >= 0.3 is 5.97 Å². The molecule has 4 nitrogen and oxygen atoms in total. The third-order valence-electron chi connectivity index (χ3n) is 1.89. The van der Waals surface area contributed by atoms with E-state index in [1.165, 1.54) is 17.2 Å². The predicted octanol–water partition coefficient (Wildman–Crippen LogP) is 1.96. The van der Waals surface area contributed by atoms with Crippen LogP contribution in [-0.2, 0) is 9.59 Å². The fraction of sp³-hybridized carbons (Fsp3) is 0.333. The van der Waals surface area contributed by atoms with E-state index in [1.54, 1.807) is 0 Å². The van der Waals surface area contributed by atoms with Crippen molar-refractivity contribution in [3.63, 3.8) is 0 Å². The average Bonchev–Trinajstić information content (AvgIpc) is 2.26. The second-order valence-electron chi connectivity index (χ2n) is 3.19. The molecule has 0 aromatic rings. The summed E-state index contributed by atoms with van der Waals surface area (Å²) >= 11 is 0. The van der Waals surface area contributed by atoms with Crippen molar-refractivity contribution in [3.8, 4) is 0 Å². The molecule has 0 radical (unpaired) electrons. The molecule has 0 saturated carbocycles. The van der Waals surface area contributed by atoms with Gasteiger partial charge in [0.05, 0.1) is 5.57 Å². The minimum Gasteiger partial charge on any atom is -0.478 e. The van der Waals surface area contributed by atoms with E-state index in [0.717, 1.165) is 6.08 Å². The molecule has 16 heavy (non-hydrogen) atoms. The molecule has 0 aromatic carbocycles. The topological polar surface area (TPSA) is 57.6 Å². The Morgan fingerprint density at radius 2 is 2.00 bits per heavy atom. The number of rotatable bonds is 7. The van der Waals surface area contributed by atoms with Crippen LogP contribution in [0.25, 0.3) is 0 Å². The third kappa shape index (κ3) is 4.59. The molecule has 0 spiro atoms. The number of carbonyl (C=O) groups excluding carboxylic acids is 1. The van der Waals surface area contributed by atoms with Crippen LogP contribution in [0.15, 0.2) is 37.1 Å². The van der Waals surface area contributed by atoms with Crippen molar-refractivity contribution in [2.24, 2.45) is 0 Å². The molecule has 0 aliphatic rings. The molecule has 88 valence electrons. The first-order valence-electron chi connectivity index (χ1n) is 5.04. The van der Waals surface area contributed by atoms with E-state index >= 15 is 0 Å². The summed E-state index contributed by atoms with van der Waals surface area (Å²) in [6.07, 6.45) is 5.15. The molecule has 0 saturated heterocycles. The third-order valence-corrected chi connectivity index (χ3v) is 1.89. The lowest BCUT2D eigenvalue weighted by atomic mass is 10.1. The predicted molar refractivity (Wildman–Crippen MR) is 62.7 cm³/mol. The van der Waals surface area contributed by atoms with Crippen molar-refractivity contribution in [3.05, 3.63) is 37.1 Å². The Balaban J connectivity index is 4.95. The van der Waals surface area contributed by atoms with Crippen molar-refractivity contribution in [1.29, 1.82) is 0 Å². The maximum atomic E-state index is 11.4. The van der Waals surface area contributed by atoms with Gasteiger partial charge in [0, 0.05) is 12.7 Å². The summed E-state index contributed by atoms with van der Waals surface area (Å²) in [6, 6.07) is 0. The Hall–Kier alpha value is -1.84. The van der Waals surface area contributed by atoms with Gasteiger partial charge in [-0.25, -0.2) is 4.79 Å². The molecule has 0 unspecified atom stereocenters. The number of carboxylic acids is 1. The van der Waals surface area contributed by atoms with Gasteiger partial charge in [0.2, 0.25) is 5.91 Å². The second-order valence-corrected chi connectivity index (χ2v) is 3.19. The van der Waals surface area contributed by atoms with Crippen molar-refractivity contribution >= 4 is 11.9 Å². The lowest BCUT2D eigenvalue weighted by Crippen LogP contribution is -2.25. The quantitative estimate of drug-likeness (QED) is 0.530. The van der Waals surface area contributed by atoms with Gasteiger partial charge in [0.15, 0.2) is 0 Å². The van der Waals surface area contributed by atoms with Crippen LogP contribution in [0, 0.1) is 0 Å². The molecular formula is C12H17NO3. The molecule has 1 amide bonds. The van der Waals surface area contributed by atoms with Crippen molar-refractivity contribution in [2.75, 3.05) is 6.54 Å². The van der Waals surface area contributed by atoms with Gasteiger partial charge in [-0.1, -0.05) is 26.0 Å². The average molecular weight is 223 g/mol. The monoisotopic (exact) mass is 223 g/mol. The lowest BCUT2D eigenvalue weighted by molar-refractivity contribution is -0.132. The SMILES string of the molecule is C=CCN(C=C(CCC)C(=O)O)C(=O)C=C. The smallest absolute Gasteiger partial charge is 0.333 e. The van der Waals surface area contributed by atoms with E-state index < -0.39 is 5.97 Å². The minimum atomic E-state index is -1.01. The molecule has 0 aliphatic carbocycles. The number of carbonyl (C=O) groups is 2. The molecular weight excluding hydrogens is 206 g/mol. The largest absolute Gasteiger partial charge is 0.478 e. The number of hydrogen-bond donors (Lipinski definition) is 1. The second kappa shape index (κ2) is 7.45. The number of carboxylic acid groups (broad SMARTS) is 1. The minimum absolute atomic E-state index is 0.208. The fourth-order valence-electron chi connectivity index (χ4n) is 1.15. The van der Waals surface area contributed by atoms with Crippen LogP contribution in [0.3, 0.4) is 0 Å². The Kier molecular flexibility index (Phi) is 6.59. The van der Waals surface area contributed by atoms with Gasteiger partial charge in [0.25, 0.3) is 0 Å². The van der Waals surface area contributed by atoms with E-state index in [9.17, 15) is 9.59 Å². The Bertz CT molecular complexity index is 318. The van der Waals surface area contributed by atoms with E-state index in [-0.39, 0.29) is 18.0 Å². The van der Waals surface area contributed by atoms with Crippen LogP contribution >= 0.6 is 0 Å². The summed E-state index contributed by atoms with van der Waals surface area (Å²) in [4.78, 5) is 23.5. The molecule has 0 atom stereocenters. The molecule has 1 N–H and O–H groups in total.